The number of hydrogen-bond acceptors (Lipinski definition) is 7. The molecule has 0 saturated heterocycles. The molecule has 0 bridgehead atoms. The highest BCUT2D eigenvalue weighted by molar-refractivity contribution is 7.85. The van der Waals surface area contributed by atoms with Crippen LogP contribution in [0.2, 0.25) is 0 Å². The van der Waals surface area contributed by atoms with Crippen LogP contribution >= 0.6 is 0 Å². The molecule has 0 radical (unpaired) electrons. The number of fused-ring (bicyclic) bond motifs is 3. The van der Waals surface area contributed by atoms with Crippen molar-refractivity contribution in [3.63, 3.8) is 0 Å². The third-order valence-electron chi connectivity index (χ3n) is 3.92. The number of carbonyl (C=O) groups is 1. The molecule has 1 unspecified atom stereocenters. The van der Waals surface area contributed by atoms with Crippen molar-refractivity contribution in [2.75, 3.05) is 19.1 Å². The van der Waals surface area contributed by atoms with Crippen LogP contribution in [0.15, 0.2) is 18.3 Å². The van der Waals surface area contributed by atoms with Crippen molar-refractivity contribution in [3.8, 4) is 0 Å². The van der Waals surface area contributed by atoms with Gasteiger partial charge in [-0.1, -0.05) is 26.8 Å². The quantitative estimate of drug-likeness (QED) is 0.431. The molecule has 1 amide bonds. The van der Waals surface area contributed by atoms with Crippen molar-refractivity contribution >= 4 is 37.0 Å². The Kier molecular flexibility index (Phi) is 8.74. The maximum absolute atomic E-state index is 12.5. The standard InChI is InChI=1S/C16H22N4O.2CH4O3S/c1-16(2,3)9-20-8-12-10(6-13(17)15(20)21)4-5-14-11(12)7-18-19-14;2*1-5(2,3)4/h4-5,7,13H,6,8-9,17H2,1-3H3,(H,18,19);2*1H3,(H,2,3,4). The summed E-state index contributed by atoms with van der Waals surface area (Å²) in [6, 6.07) is 3.61. The molecule has 1 aliphatic heterocycles. The highest BCUT2D eigenvalue weighted by Gasteiger charge is 2.30. The number of carbonyl (C=O) groups excluding carboxylic acids is 1. The lowest BCUT2D eigenvalue weighted by atomic mass is 9.95. The van der Waals surface area contributed by atoms with Crippen molar-refractivity contribution in [1.82, 2.24) is 15.1 Å². The van der Waals surface area contributed by atoms with Crippen LogP contribution in [-0.2, 0) is 38.0 Å². The molecule has 0 saturated carbocycles. The normalized spacial score (nSPS) is 17.1. The van der Waals surface area contributed by atoms with Crippen LogP contribution in [0.25, 0.3) is 10.9 Å². The molecule has 11 nitrogen and oxygen atoms in total. The molecule has 5 N–H and O–H groups in total. The number of amides is 1. The van der Waals surface area contributed by atoms with Crippen LogP contribution < -0.4 is 5.73 Å². The summed E-state index contributed by atoms with van der Waals surface area (Å²) in [4.78, 5) is 14.4. The van der Waals surface area contributed by atoms with Crippen LogP contribution in [0, 0.1) is 5.41 Å². The molecule has 1 atom stereocenters. The van der Waals surface area contributed by atoms with E-state index in [4.69, 9.17) is 14.8 Å². The predicted octanol–water partition coefficient (Wildman–Crippen LogP) is 0.829. The molecule has 13 heteroatoms. The maximum Gasteiger partial charge on any atom is 0.261 e. The van der Waals surface area contributed by atoms with Gasteiger partial charge >= 0.3 is 0 Å². The average molecular weight is 479 g/mol. The van der Waals surface area contributed by atoms with Crippen LogP contribution in [0.5, 0.6) is 0 Å². The summed E-state index contributed by atoms with van der Waals surface area (Å²) >= 11 is 0. The number of rotatable bonds is 1. The smallest absolute Gasteiger partial charge is 0.261 e. The Labute approximate surface area is 182 Å². The summed E-state index contributed by atoms with van der Waals surface area (Å²) in [5, 5.41) is 8.20. The van der Waals surface area contributed by atoms with Gasteiger partial charge in [-0.25, -0.2) is 0 Å². The number of nitrogens with zero attached hydrogens (tertiary/aromatic N) is 2. The van der Waals surface area contributed by atoms with Gasteiger partial charge in [-0.05, 0) is 29.0 Å². The third-order valence-corrected chi connectivity index (χ3v) is 3.92. The number of nitrogens with two attached hydrogens (primary N) is 1. The molecule has 1 aliphatic rings. The summed E-state index contributed by atoms with van der Waals surface area (Å²) in [6.07, 6.45) is 3.86. The van der Waals surface area contributed by atoms with Crippen molar-refractivity contribution in [3.05, 3.63) is 29.5 Å². The van der Waals surface area contributed by atoms with E-state index in [-0.39, 0.29) is 11.3 Å². The molecular weight excluding hydrogens is 448 g/mol. The van der Waals surface area contributed by atoms with Gasteiger partial charge in [0.15, 0.2) is 0 Å². The van der Waals surface area contributed by atoms with Crippen molar-refractivity contribution in [2.45, 2.75) is 39.8 Å². The molecule has 31 heavy (non-hydrogen) atoms. The lowest BCUT2D eigenvalue weighted by molar-refractivity contribution is -0.134. The summed E-state index contributed by atoms with van der Waals surface area (Å²) in [5.74, 6) is 0.0396. The fourth-order valence-corrected chi connectivity index (χ4v) is 3.03. The van der Waals surface area contributed by atoms with E-state index in [2.05, 4.69) is 37.0 Å². The molecular formula is C18H30N4O7S2. The van der Waals surface area contributed by atoms with E-state index in [0.717, 1.165) is 16.5 Å². The molecule has 2 heterocycles. The fraction of sp³-hybridized carbons (Fsp3) is 0.556. The predicted molar refractivity (Wildman–Crippen MR) is 118 cm³/mol. The first kappa shape index (κ1) is 27.0. The summed E-state index contributed by atoms with van der Waals surface area (Å²) in [7, 11) is -7.33. The van der Waals surface area contributed by atoms with Gasteiger partial charge in [-0.3, -0.25) is 19.0 Å². The summed E-state index contributed by atoms with van der Waals surface area (Å²) in [5.41, 5.74) is 9.49. The second kappa shape index (κ2) is 10.0. The molecule has 2 aromatic rings. The highest BCUT2D eigenvalue weighted by atomic mass is 32.2. The minimum Gasteiger partial charge on any atom is -0.336 e. The Morgan fingerprint density at radius 2 is 1.68 bits per heavy atom. The zero-order chi connectivity index (χ0) is 24.2. The van der Waals surface area contributed by atoms with Gasteiger partial charge < -0.3 is 10.6 Å². The Morgan fingerprint density at radius 1 is 1.16 bits per heavy atom. The topological polar surface area (TPSA) is 184 Å². The van der Waals surface area contributed by atoms with E-state index in [1.807, 2.05) is 17.2 Å². The minimum atomic E-state index is -3.67. The first-order valence-corrected chi connectivity index (χ1v) is 12.9. The summed E-state index contributed by atoms with van der Waals surface area (Å²) < 4.78 is 51.7. The number of aromatic amines is 1. The third kappa shape index (κ3) is 10.7. The monoisotopic (exact) mass is 478 g/mol. The minimum absolute atomic E-state index is 0.0396. The van der Waals surface area contributed by atoms with E-state index in [9.17, 15) is 21.6 Å². The molecule has 1 aromatic carbocycles. The number of hydrogen-bond donors (Lipinski definition) is 4. The Balaban J connectivity index is 0.000000404. The molecule has 1 aromatic heterocycles. The molecule has 0 spiro atoms. The lowest BCUT2D eigenvalue weighted by Gasteiger charge is -2.30. The first-order valence-electron chi connectivity index (χ1n) is 9.18. The Bertz CT molecular complexity index is 1070. The van der Waals surface area contributed by atoms with Gasteiger partial charge in [-0.15, -0.1) is 0 Å². The molecule has 3 rings (SSSR count). The average Bonchev–Trinajstić information content (AvgIpc) is 2.95. The zero-order valence-corrected chi connectivity index (χ0v) is 19.8. The number of benzene rings is 1. The van der Waals surface area contributed by atoms with Crippen LogP contribution in [0.1, 0.15) is 31.9 Å². The van der Waals surface area contributed by atoms with E-state index in [1.165, 1.54) is 5.56 Å². The lowest BCUT2D eigenvalue weighted by Crippen LogP contribution is -2.45. The highest BCUT2D eigenvalue weighted by Crippen LogP contribution is 2.28. The molecule has 176 valence electrons. The first-order chi connectivity index (χ1) is 13.8. The maximum atomic E-state index is 12.5. The van der Waals surface area contributed by atoms with Gasteiger partial charge in [-0.2, -0.15) is 21.9 Å². The zero-order valence-electron chi connectivity index (χ0n) is 18.2. The van der Waals surface area contributed by atoms with Crippen LogP contribution in [0.4, 0.5) is 0 Å². The number of aromatic nitrogens is 2. The number of H-pyrrole nitrogens is 1. The SMILES string of the molecule is CC(C)(C)CN1Cc2c(ccc3[nH]ncc23)CC(N)C1=O.CS(=O)(=O)O.CS(=O)(=O)O. The van der Waals surface area contributed by atoms with Gasteiger partial charge in [0.2, 0.25) is 5.91 Å². The summed E-state index contributed by atoms with van der Waals surface area (Å²) in [6.45, 7) is 7.71. The van der Waals surface area contributed by atoms with Gasteiger partial charge in [0.25, 0.3) is 20.2 Å². The molecule has 0 aliphatic carbocycles. The Hall–Kier alpha value is -2.06. The van der Waals surface area contributed by atoms with Crippen LogP contribution in [0.3, 0.4) is 0 Å². The van der Waals surface area contributed by atoms with E-state index < -0.39 is 26.3 Å². The number of nitrogens with one attached hydrogen (secondary N) is 1. The van der Waals surface area contributed by atoms with Gasteiger partial charge in [0.1, 0.15) is 0 Å². The van der Waals surface area contributed by atoms with Gasteiger partial charge in [0, 0.05) is 18.5 Å². The molecule has 0 fully saturated rings. The second-order valence-corrected chi connectivity index (χ2v) is 11.5. The fourth-order valence-electron chi connectivity index (χ4n) is 3.03. The van der Waals surface area contributed by atoms with Crippen molar-refractivity contribution < 1.29 is 30.7 Å². The van der Waals surface area contributed by atoms with Crippen molar-refractivity contribution in [1.29, 1.82) is 0 Å². The second-order valence-electron chi connectivity index (χ2n) is 8.57. The largest absolute Gasteiger partial charge is 0.336 e. The van der Waals surface area contributed by atoms with Gasteiger partial charge in [0.05, 0.1) is 30.3 Å². The van der Waals surface area contributed by atoms with Crippen molar-refractivity contribution in [2.24, 2.45) is 11.1 Å². The van der Waals surface area contributed by atoms with Crippen LogP contribution in [-0.4, -0.2) is 72.0 Å². The van der Waals surface area contributed by atoms with E-state index in [1.54, 1.807) is 0 Å². The Morgan fingerprint density at radius 3 is 2.16 bits per heavy atom. The van der Waals surface area contributed by atoms with E-state index in [0.29, 0.717) is 32.0 Å². The van der Waals surface area contributed by atoms with E-state index >= 15 is 0 Å².